The monoisotopic (exact) mass is 835 g/mol. The van der Waals surface area contributed by atoms with Gasteiger partial charge in [-0.15, -0.1) is 0 Å². The Kier molecular flexibility index (Phi) is 8.94. The molecule has 10 rings (SSSR count). The topological polar surface area (TPSA) is 6.48 Å². The van der Waals surface area contributed by atoms with Gasteiger partial charge in [-0.25, -0.2) is 0 Å². The van der Waals surface area contributed by atoms with E-state index < -0.39 is 0 Å². The maximum Gasteiger partial charge on any atom is 0.252 e. The summed E-state index contributed by atoms with van der Waals surface area (Å²) in [7, 11) is 0. The average Bonchev–Trinajstić information content (AvgIpc) is 3.19. The molecule has 3 heteroatoms. The smallest absolute Gasteiger partial charge is 0.252 e. The van der Waals surface area contributed by atoms with Crippen LogP contribution in [0.5, 0.6) is 0 Å². The lowest BCUT2D eigenvalue weighted by molar-refractivity contribution is 0.332. The van der Waals surface area contributed by atoms with Crippen LogP contribution in [0.4, 0.5) is 34.1 Å². The van der Waals surface area contributed by atoms with Crippen molar-refractivity contribution in [3.8, 4) is 0 Å². The fourth-order valence-corrected chi connectivity index (χ4v) is 12.9. The maximum atomic E-state index is 2.72. The Morgan fingerprint density at radius 3 is 1.40 bits per heavy atom. The number of aryl methyl sites for hydroxylation is 2. The van der Waals surface area contributed by atoms with Crippen molar-refractivity contribution in [3.05, 3.63) is 123 Å². The summed E-state index contributed by atoms with van der Waals surface area (Å²) < 4.78 is 0. The van der Waals surface area contributed by atoms with Gasteiger partial charge in [0.2, 0.25) is 0 Å². The van der Waals surface area contributed by atoms with Crippen LogP contribution in [0.15, 0.2) is 72.8 Å². The molecule has 0 saturated heterocycles. The SMILES string of the molecule is Cc1cc2c3c(c1)N(c1cc4c(cc1C)C(C)(C)CCC4(C)C)c1cc(C(C)(C)C)ccc1B3c1cc3c(cc1N2c1ccc2c(c1)C(C)(C)CCC2(C)C)C(C)(C)CCC3(C)C. The Balaban J connectivity index is 1.33. The molecule has 2 nitrogen and oxygen atoms in total. The van der Waals surface area contributed by atoms with Crippen molar-refractivity contribution < 1.29 is 0 Å². The summed E-state index contributed by atoms with van der Waals surface area (Å²) >= 11 is 0. The lowest BCUT2D eigenvalue weighted by Crippen LogP contribution is -2.62. The average molecular weight is 835 g/mol. The number of benzene rings is 5. The van der Waals surface area contributed by atoms with E-state index in [-0.39, 0.29) is 44.6 Å². The highest BCUT2D eigenvalue weighted by molar-refractivity contribution is 7.00. The second-order valence-electron chi connectivity index (χ2n) is 26.0. The van der Waals surface area contributed by atoms with Crippen molar-refractivity contribution in [1.29, 1.82) is 0 Å². The molecule has 0 fully saturated rings. The zero-order valence-electron chi connectivity index (χ0n) is 42.1. The van der Waals surface area contributed by atoms with Gasteiger partial charge in [-0.2, -0.15) is 0 Å². The number of nitrogens with zero attached hydrogens (tertiary/aromatic N) is 2. The molecule has 0 atom stereocenters. The predicted molar refractivity (Wildman–Crippen MR) is 274 cm³/mol. The number of hydrogen-bond donors (Lipinski definition) is 0. The minimum Gasteiger partial charge on any atom is -0.311 e. The van der Waals surface area contributed by atoms with Crippen molar-refractivity contribution in [2.45, 2.75) is 194 Å². The van der Waals surface area contributed by atoms with E-state index in [0.29, 0.717) is 0 Å². The van der Waals surface area contributed by atoms with Crippen LogP contribution >= 0.6 is 0 Å². The Morgan fingerprint density at radius 1 is 0.413 bits per heavy atom. The number of fused-ring (bicyclic) bond motifs is 7. The van der Waals surface area contributed by atoms with E-state index in [4.69, 9.17) is 0 Å². The molecule has 0 aromatic heterocycles. The van der Waals surface area contributed by atoms with Gasteiger partial charge in [0.1, 0.15) is 0 Å². The first kappa shape index (κ1) is 42.7. The van der Waals surface area contributed by atoms with E-state index in [1.165, 1.54) is 139 Å². The highest BCUT2D eigenvalue weighted by Gasteiger charge is 2.48. The normalized spacial score (nSPS) is 21.4. The molecule has 2 aliphatic heterocycles. The first-order valence-electron chi connectivity index (χ1n) is 24.5. The van der Waals surface area contributed by atoms with Crippen LogP contribution in [0.3, 0.4) is 0 Å². The van der Waals surface area contributed by atoms with Crippen LogP contribution in [0.25, 0.3) is 0 Å². The van der Waals surface area contributed by atoms with Crippen LogP contribution in [0, 0.1) is 13.8 Å². The number of anilines is 6. The molecule has 0 saturated carbocycles. The van der Waals surface area contributed by atoms with Gasteiger partial charge in [-0.3, -0.25) is 0 Å². The van der Waals surface area contributed by atoms with Gasteiger partial charge in [0, 0.05) is 34.1 Å². The molecule has 5 aromatic rings. The largest absolute Gasteiger partial charge is 0.311 e. The van der Waals surface area contributed by atoms with Crippen molar-refractivity contribution >= 4 is 57.2 Å². The van der Waals surface area contributed by atoms with E-state index in [0.717, 1.165) is 0 Å². The van der Waals surface area contributed by atoms with Crippen molar-refractivity contribution in [2.75, 3.05) is 9.80 Å². The number of rotatable bonds is 2. The summed E-state index contributed by atoms with van der Waals surface area (Å²) in [6, 6.07) is 30.7. The van der Waals surface area contributed by atoms with E-state index in [2.05, 4.69) is 200 Å². The molecular weight excluding hydrogens is 759 g/mol. The second kappa shape index (κ2) is 13.2. The van der Waals surface area contributed by atoms with Gasteiger partial charge in [-0.05, 0) is 199 Å². The van der Waals surface area contributed by atoms with Crippen LogP contribution < -0.4 is 26.2 Å². The zero-order valence-corrected chi connectivity index (χ0v) is 42.1. The molecule has 3 aliphatic carbocycles. The summed E-state index contributed by atoms with van der Waals surface area (Å²) in [6.45, 7) is 41.6. The summed E-state index contributed by atoms with van der Waals surface area (Å²) in [4.78, 5) is 5.43. The van der Waals surface area contributed by atoms with Gasteiger partial charge in [0.15, 0.2) is 0 Å². The highest BCUT2D eigenvalue weighted by atomic mass is 15.2. The molecule has 0 radical (unpaired) electrons. The van der Waals surface area contributed by atoms with Crippen LogP contribution in [0.2, 0.25) is 0 Å². The molecule has 0 unspecified atom stereocenters. The molecule has 0 bridgehead atoms. The van der Waals surface area contributed by atoms with Crippen molar-refractivity contribution in [2.24, 2.45) is 0 Å². The van der Waals surface area contributed by atoms with E-state index in [1.807, 2.05) is 0 Å². The summed E-state index contributed by atoms with van der Waals surface area (Å²) in [6.07, 6.45) is 7.21. The van der Waals surface area contributed by atoms with E-state index in [9.17, 15) is 0 Å². The Morgan fingerprint density at radius 2 is 0.857 bits per heavy atom. The third kappa shape index (κ3) is 6.31. The highest BCUT2D eigenvalue weighted by Crippen LogP contribution is 2.54. The molecule has 5 aromatic carbocycles. The lowest BCUT2D eigenvalue weighted by Gasteiger charge is -2.48. The first-order chi connectivity index (χ1) is 29.1. The predicted octanol–water partition coefficient (Wildman–Crippen LogP) is 14.7. The van der Waals surface area contributed by atoms with E-state index in [1.54, 1.807) is 0 Å². The zero-order chi connectivity index (χ0) is 45.4. The van der Waals surface area contributed by atoms with Gasteiger partial charge < -0.3 is 9.80 Å². The van der Waals surface area contributed by atoms with Crippen molar-refractivity contribution in [1.82, 2.24) is 0 Å². The van der Waals surface area contributed by atoms with Gasteiger partial charge in [0.25, 0.3) is 6.71 Å². The third-order valence-corrected chi connectivity index (χ3v) is 17.6. The second-order valence-corrected chi connectivity index (χ2v) is 26.0. The maximum absolute atomic E-state index is 2.72. The molecule has 0 N–H and O–H groups in total. The minimum absolute atomic E-state index is 0.000393. The van der Waals surface area contributed by atoms with Crippen LogP contribution in [-0.4, -0.2) is 6.71 Å². The quantitative estimate of drug-likeness (QED) is 0.160. The standard InChI is InChI=1S/C60H75BN2/c1-36-28-51-53-52(29-36)63(48-34-44-41(30-37(48)2)56(8,9)24-26-59(44,14)15)49-31-38(54(3,4)5)18-21-46(49)61(53)47-33-43-45(60(16,17)27-25-58(43,12)13)35-50(47)62(51)39-19-20-40-42(32-39)57(10,11)23-22-55(40,6)7/h18-21,28-35H,22-27H2,1-17H3. The summed E-state index contributed by atoms with van der Waals surface area (Å²) in [5.74, 6) is 0. The molecule has 0 amide bonds. The Hall–Kier alpha value is -4.24. The van der Waals surface area contributed by atoms with Crippen LogP contribution in [0.1, 0.15) is 192 Å². The fraction of sp³-hybridized carbons (Fsp3) is 0.500. The van der Waals surface area contributed by atoms with Crippen LogP contribution in [-0.2, 0) is 37.9 Å². The molecule has 63 heavy (non-hydrogen) atoms. The first-order valence-corrected chi connectivity index (χ1v) is 24.5. The molecule has 5 aliphatic rings. The van der Waals surface area contributed by atoms with Gasteiger partial charge in [0.05, 0.1) is 0 Å². The Bertz CT molecular complexity index is 2760. The van der Waals surface area contributed by atoms with Gasteiger partial charge >= 0.3 is 0 Å². The molecular formula is C60H75BN2. The third-order valence-electron chi connectivity index (χ3n) is 17.6. The van der Waals surface area contributed by atoms with Crippen molar-refractivity contribution in [3.63, 3.8) is 0 Å². The molecule has 2 heterocycles. The summed E-state index contributed by atoms with van der Waals surface area (Å²) in [5.41, 5.74) is 26.1. The van der Waals surface area contributed by atoms with E-state index >= 15 is 0 Å². The minimum atomic E-state index is 0.000393. The number of hydrogen-bond acceptors (Lipinski definition) is 2. The lowest BCUT2D eigenvalue weighted by atomic mass is 9.33. The Labute approximate surface area is 382 Å². The molecule has 0 spiro atoms. The fourth-order valence-electron chi connectivity index (χ4n) is 12.9. The van der Waals surface area contributed by atoms with Gasteiger partial charge in [-0.1, -0.05) is 134 Å². The molecule has 328 valence electrons. The summed E-state index contributed by atoms with van der Waals surface area (Å²) in [5, 5.41) is 0.